The van der Waals surface area contributed by atoms with Crippen molar-refractivity contribution < 1.29 is 9.47 Å². The van der Waals surface area contributed by atoms with Crippen molar-refractivity contribution in [2.75, 3.05) is 20.3 Å². The first-order valence-corrected chi connectivity index (χ1v) is 4.73. The van der Waals surface area contributed by atoms with Crippen LogP contribution in [0.1, 0.15) is 33.1 Å². The SMILES string of the molecule is C[CH]COCC(CCCC)OC. The van der Waals surface area contributed by atoms with E-state index in [4.69, 9.17) is 9.47 Å². The largest absolute Gasteiger partial charge is 0.379 e. The molecule has 0 fully saturated rings. The molecular formula is C10H21O2. The van der Waals surface area contributed by atoms with Crippen molar-refractivity contribution in [1.29, 1.82) is 0 Å². The van der Waals surface area contributed by atoms with Gasteiger partial charge in [0.15, 0.2) is 0 Å². The number of rotatable bonds is 8. The van der Waals surface area contributed by atoms with Gasteiger partial charge in [-0.1, -0.05) is 26.7 Å². The summed E-state index contributed by atoms with van der Waals surface area (Å²) in [4.78, 5) is 0. The standard InChI is InChI=1S/C10H21O2/c1-4-6-7-10(11-3)9-12-8-5-2/h5,10H,4,6-9H2,1-3H3. The first-order chi connectivity index (χ1) is 5.85. The molecule has 0 rings (SSSR count). The summed E-state index contributed by atoms with van der Waals surface area (Å²) in [5.41, 5.74) is 0. The molecule has 0 aromatic carbocycles. The zero-order valence-corrected chi connectivity index (χ0v) is 8.51. The van der Waals surface area contributed by atoms with Gasteiger partial charge in [0, 0.05) is 13.7 Å². The summed E-state index contributed by atoms with van der Waals surface area (Å²) >= 11 is 0. The first-order valence-electron chi connectivity index (χ1n) is 4.73. The van der Waals surface area contributed by atoms with Crippen molar-refractivity contribution in [3.05, 3.63) is 6.42 Å². The Kier molecular flexibility index (Phi) is 8.95. The lowest BCUT2D eigenvalue weighted by Gasteiger charge is -2.14. The second-order valence-corrected chi connectivity index (χ2v) is 2.95. The van der Waals surface area contributed by atoms with E-state index in [9.17, 15) is 0 Å². The normalized spacial score (nSPS) is 13.2. The second kappa shape index (κ2) is 9.01. The molecule has 0 amide bonds. The van der Waals surface area contributed by atoms with Gasteiger partial charge in [0.1, 0.15) is 0 Å². The van der Waals surface area contributed by atoms with Crippen molar-refractivity contribution in [3.63, 3.8) is 0 Å². The number of methoxy groups -OCH3 is 1. The fourth-order valence-corrected chi connectivity index (χ4v) is 1.02. The lowest BCUT2D eigenvalue weighted by Crippen LogP contribution is -2.18. The Morgan fingerprint density at radius 3 is 2.67 bits per heavy atom. The van der Waals surface area contributed by atoms with Gasteiger partial charge in [0.25, 0.3) is 0 Å². The Balaban J connectivity index is 3.26. The molecule has 0 saturated heterocycles. The number of hydrogen-bond acceptors (Lipinski definition) is 2. The van der Waals surface area contributed by atoms with E-state index in [-0.39, 0.29) is 6.10 Å². The van der Waals surface area contributed by atoms with Crippen molar-refractivity contribution in [2.45, 2.75) is 39.2 Å². The lowest BCUT2D eigenvalue weighted by molar-refractivity contribution is 0.00960. The van der Waals surface area contributed by atoms with Gasteiger partial charge >= 0.3 is 0 Å². The van der Waals surface area contributed by atoms with Gasteiger partial charge in [-0.25, -0.2) is 0 Å². The zero-order chi connectivity index (χ0) is 9.23. The molecule has 0 bridgehead atoms. The van der Waals surface area contributed by atoms with Gasteiger partial charge in [-0.15, -0.1) is 0 Å². The molecule has 1 unspecified atom stereocenters. The molecule has 0 aromatic heterocycles. The summed E-state index contributed by atoms with van der Waals surface area (Å²) in [7, 11) is 1.75. The minimum absolute atomic E-state index is 0.282. The van der Waals surface area contributed by atoms with Gasteiger partial charge in [0.05, 0.1) is 12.7 Å². The van der Waals surface area contributed by atoms with E-state index < -0.39 is 0 Å². The minimum Gasteiger partial charge on any atom is -0.379 e. The van der Waals surface area contributed by atoms with Gasteiger partial charge in [0.2, 0.25) is 0 Å². The van der Waals surface area contributed by atoms with Crippen LogP contribution in [0.3, 0.4) is 0 Å². The third-order valence-corrected chi connectivity index (χ3v) is 1.80. The van der Waals surface area contributed by atoms with Crippen molar-refractivity contribution >= 4 is 0 Å². The van der Waals surface area contributed by atoms with Gasteiger partial charge in [-0.3, -0.25) is 0 Å². The van der Waals surface area contributed by atoms with E-state index in [1.54, 1.807) is 7.11 Å². The molecule has 0 aliphatic carbocycles. The molecule has 0 heterocycles. The Morgan fingerprint density at radius 2 is 2.17 bits per heavy atom. The van der Waals surface area contributed by atoms with Crippen LogP contribution in [0, 0.1) is 6.42 Å². The predicted molar refractivity (Wildman–Crippen MR) is 51.1 cm³/mol. The minimum atomic E-state index is 0.282. The van der Waals surface area contributed by atoms with E-state index in [1.807, 2.05) is 13.3 Å². The van der Waals surface area contributed by atoms with Crippen LogP contribution in [0.15, 0.2) is 0 Å². The Morgan fingerprint density at radius 1 is 1.42 bits per heavy atom. The van der Waals surface area contributed by atoms with Crippen LogP contribution in [0.2, 0.25) is 0 Å². The quantitative estimate of drug-likeness (QED) is 0.525. The highest BCUT2D eigenvalue weighted by Gasteiger charge is 2.05. The number of unbranched alkanes of at least 4 members (excludes halogenated alkanes) is 1. The maximum atomic E-state index is 5.35. The van der Waals surface area contributed by atoms with Crippen LogP contribution in [-0.4, -0.2) is 26.4 Å². The summed E-state index contributed by atoms with van der Waals surface area (Å²) < 4.78 is 10.6. The Bertz CT molecular complexity index is 83.9. The molecule has 0 aliphatic rings. The zero-order valence-electron chi connectivity index (χ0n) is 8.51. The molecule has 2 nitrogen and oxygen atoms in total. The fourth-order valence-electron chi connectivity index (χ4n) is 1.02. The van der Waals surface area contributed by atoms with Crippen LogP contribution in [-0.2, 0) is 9.47 Å². The van der Waals surface area contributed by atoms with Crippen LogP contribution < -0.4 is 0 Å². The second-order valence-electron chi connectivity index (χ2n) is 2.95. The molecule has 0 N–H and O–H groups in total. The Hall–Kier alpha value is -0.0800. The van der Waals surface area contributed by atoms with Crippen molar-refractivity contribution in [2.24, 2.45) is 0 Å². The third-order valence-electron chi connectivity index (χ3n) is 1.80. The molecular weight excluding hydrogens is 152 g/mol. The highest BCUT2D eigenvalue weighted by Crippen LogP contribution is 2.04. The molecule has 1 radical (unpaired) electrons. The highest BCUT2D eigenvalue weighted by atomic mass is 16.5. The molecule has 0 aromatic rings. The summed E-state index contributed by atoms with van der Waals surface area (Å²) in [6, 6.07) is 0. The molecule has 0 spiro atoms. The van der Waals surface area contributed by atoms with E-state index in [2.05, 4.69) is 6.92 Å². The third kappa shape index (κ3) is 6.62. The van der Waals surface area contributed by atoms with Crippen LogP contribution >= 0.6 is 0 Å². The summed E-state index contributed by atoms with van der Waals surface area (Å²) in [5.74, 6) is 0. The number of hydrogen-bond donors (Lipinski definition) is 0. The average Bonchev–Trinajstić information content (AvgIpc) is 2.11. The number of ether oxygens (including phenoxy) is 2. The molecule has 0 saturated carbocycles. The highest BCUT2D eigenvalue weighted by molar-refractivity contribution is 4.58. The maximum absolute atomic E-state index is 5.35. The van der Waals surface area contributed by atoms with Gasteiger partial charge < -0.3 is 9.47 Å². The predicted octanol–water partition coefficient (Wildman–Crippen LogP) is 2.43. The monoisotopic (exact) mass is 173 g/mol. The van der Waals surface area contributed by atoms with Crippen LogP contribution in [0.4, 0.5) is 0 Å². The topological polar surface area (TPSA) is 18.5 Å². The van der Waals surface area contributed by atoms with Crippen molar-refractivity contribution in [1.82, 2.24) is 0 Å². The smallest absolute Gasteiger partial charge is 0.0804 e. The first kappa shape index (κ1) is 11.9. The fraction of sp³-hybridized carbons (Fsp3) is 0.900. The molecule has 73 valence electrons. The van der Waals surface area contributed by atoms with Gasteiger partial charge in [-0.05, 0) is 12.8 Å². The van der Waals surface area contributed by atoms with Crippen LogP contribution in [0.5, 0.6) is 0 Å². The van der Waals surface area contributed by atoms with Crippen molar-refractivity contribution in [3.8, 4) is 0 Å². The van der Waals surface area contributed by atoms with E-state index >= 15 is 0 Å². The average molecular weight is 173 g/mol. The summed E-state index contributed by atoms with van der Waals surface area (Å²) in [5, 5.41) is 0. The lowest BCUT2D eigenvalue weighted by atomic mass is 10.2. The maximum Gasteiger partial charge on any atom is 0.0804 e. The summed E-state index contributed by atoms with van der Waals surface area (Å²) in [6.45, 7) is 5.63. The molecule has 0 aliphatic heterocycles. The van der Waals surface area contributed by atoms with E-state index in [0.717, 1.165) is 19.6 Å². The van der Waals surface area contributed by atoms with E-state index in [1.165, 1.54) is 12.8 Å². The Labute approximate surface area is 76.3 Å². The molecule has 1 atom stereocenters. The summed E-state index contributed by atoms with van der Waals surface area (Å²) in [6.07, 6.45) is 5.84. The molecule has 2 heteroatoms. The van der Waals surface area contributed by atoms with Gasteiger partial charge in [-0.2, -0.15) is 0 Å². The van der Waals surface area contributed by atoms with E-state index in [0.29, 0.717) is 0 Å². The van der Waals surface area contributed by atoms with Crippen LogP contribution in [0.25, 0.3) is 0 Å². The molecule has 12 heavy (non-hydrogen) atoms.